The van der Waals surface area contributed by atoms with Crippen molar-refractivity contribution in [3.8, 4) is 0 Å². The maximum absolute atomic E-state index is 10.1. The van der Waals surface area contributed by atoms with Crippen molar-refractivity contribution in [2.75, 3.05) is 14.1 Å². The fourth-order valence-electron chi connectivity index (χ4n) is 3.11. The molecule has 0 bridgehead atoms. The van der Waals surface area contributed by atoms with Gasteiger partial charge in [-0.15, -0.1) is 0 Å². The third kappa shape index (κ3) is 2.68. The maximum atomic E-state index is 10.1. The van der Waals surface area contributed by atoms with Crippen LogP contribution in [0.1, 0.15) is 32.2 Å². The SMILES string of the molecule is CC[C@H]1C[C@@H](n2cnc3c(N=CN(C)C)ncnc32)C[C@H]1O. The van der Waals surface area contributed by atoms with Gasteiger partial charge in [-0.05, 0) is 18.8 Å². The lowest BCUT2D eigenvalue weighted by Crippen LogP contribution is -2.11. The van der Waals surface area contributed by atoms with Crippen LogP contribution < -0.4 is 0 Å². The summed E-state index contributed by atoms with van der Waals surface area (Å²) in [5.41, 5.74) is 1.49. The Morgan fingerprint density at radius 3 is 2.86 bits per heavy atom. The molecule has 7 nitrogen and oxygen atoms in total. The minimum absolute atomic E-state index is 0.236. The summed E-state index contributed by atoms with van der Waals surface area (Å²) in [4.78, 5) is 19.2. The first-order valence-corrected chi connectivity index (χ1v) is 7.66. The molecule has 2 heterocycles. The number of nitrogens with zero attached hydrogens (tertiary/aromatic N) is 6. The van der Waals surface area contributed by atoms with Gasteiger partial charge in [0.25, 0.3) is 0 Å². The quantitative estimate of drug-likeness (QED) is 0.688. The smallest absolute Gasteiger partial charge is 0.184 e. The van der Waals surface area contributed by atoms with Crippen LogP contribution in [0.4, 0.5) is 5.82 Å². The van der Waals surface area contributed by atoms with Crippen LogP contribution in [0.2, 0.25) is 0 Å². The highest BCUT2D eigenvalue weighted by Crippen LogP contribution is 2.38. The second-order valence-corrected chi connectivity index (χ2v) is 6.09. The lowest BCUT2D eigenvalue weighted by molar-refractivity contribution is 0.129. The topological polar surface area (TPSA) is 79.4 Å². The second kappa shape index (κ2) is 6.00. The van der Waals surface area contributed by atoms with E-state index in [-0.39, 0.29) is 12.1 Å². The van der Waals surface area contributed by atoms with Crippen LogP contribution >= 0.6 is 0 Å². The van der Waals surface area contributed by atoms with E-state index in [0.29, 0.717) is 17.3 Å². The number of aliphatic hydroxyl groups excluding tert-OH is 1. The van der Waals surface area contributed by atoms with E-state index in [1.165, 1.54) is 6.33 Å². The molecule has 118 valence electrons. The van der Waals surface area contributed by atoms with Gasteiger partial charge in [0.15, 0.2) is 17.0 Å². The number of rotatable bonds is 4. The highest BCUT2D eigenvalue weighted by atomic mass is 16.3. The number of fused-ring (bicyclic) bond motifs is 1. The molecule has 3 atom stereocenters. The number of hydrogen-bond donors (Lipinski definition) is 1. The lowest BCUT2D eigenvalue weighted by atomic mass is 10.0. The van der Waals surface area contributed by atoms with E-state index in [1.807, 2.05) is 19.0 Å². The van der Waals surface area contributed by atoms with Crippen LogP contribution in [0.15, 0.2) is 17.6 Å². The standard InChI is InChI=1S/C15H22N6O/c1-4-10-5-11(6-12(10)22)21-9-18-13-14(19-8-20(2)3)16-7-17-15(13)21/h7-12,22H,4-6H2,1-3H3/t10-,11+,12+/m0/s1. The summed E-state index contributed by atoms with van der Waals surface area (Å²) in [7, 11) is 3.82. The Morgan fingerprint density at radius 1 is 1.36 bits per heavy atom. The summed E-state index contributed by atoms with van der Waals surface area (Å²) in [5, 5.41) is 10.1. The molecule has 7 heteroatoms. The maximum Gasteiger partial charge on any atom is 0.184 e. The average Bonchev–Trinajstić information content (AvgIpc) is 3.08. The van der Waals surface area contributed by atoms with Crippen molar-refractivity contribution in [2.45, 2.75) is 38.3 Å². The summed E-state index contributed by atoms with van der Waals surface area (Å²) in [6.45, 7) is 2.12. The predicted octanol–water partition coefficient (Wildman–Crippen LogP) is 1.77. The molecule has 0 unspecified atom stereocenters. The molecule has 0 aliphatic heterocycles. The molecule has 2 aromatic heterocycles. The van der Waals surface area contributed by atoms with Gasteiger partial charge in [-0.3, -0.25) is 0 Å². The molecule has 0 spiro atoms. The highest BCUT2D eigenvalue weighted by Gasteiger charge is 2.33. The molecule has 22 heavy (non-hydrogen) atoms. The van der Waals surface area contributed by atoms with Crippen molar-refractivity contribution in [3.63, 3.8) is 0 Å². The monoisotopic (exact) mass is 302 g/mol. The Hall–Kier alpha value is -2.02. The van der Waals surface area contributed by atoms with Gasteiger partial charge in [-0.25, -0.2) is 19.9 Å². The van der Waals surface area contributed by atoms with E-state index in [0.717, 1.165) is 24.9 Å². The van der Waals surface area contributed by atoms with Crippen LogP contribution in [-0.4, -0.2) is 56.1 Å². The zero-order valence-corrected chi connectivity index (χ0v) is 13.2. The Labute approximate surface area is 129 Å². The van der Waals surface area contributed by atoms with Crippen molar-refractivity contribution in [3.05, 3.63) is 12.7 Å². The molecule has 0 aromatic carbocycles. The van der Waals surface area contributed by atoms with Crippen molar-refractivity contribution >= 4 is 23.3 Å². The minimum Gasteiger partial charge on any atom is -0.393 e. The first kappa shape index (κ1) is 14.9. The number of imidazole rings is 1. The van der Waals surface area contributed by atoms with Crippen LogP contribution in [0, 0.1) is 5.92 Å². The van der Waals surface area contributed by atoms with Gasteiger partial charge in [-0.2, -0.15) is 0 Å². The molecule has 1 aliphatic rings. The average molecular weight is 302 g/mol. The number of aliphatic imine (C=N–C) groups is 1. The van der Waals surface area contributed by atoms with Crippen LogP contribution in [0.25, 0.3) is 11.2 Å². The van der Waals surface area contributed by atoms with Crippen LogP contribution in [0.5, 0.6) is 0 Å². The summed E-state index contributed by atoms with van der Waals surface area (Å²) >= 11 is 0. The fourth-order valence-corrected chi connectivity index (χ4v) is 3.11. The van der Waals surface area contributed by atoms with Crippen molar-refractivity contribution in [1.29, 1.82) is 0 Å². The fraction of sp³-hybridized carbons (Fsp3) is 0.600. The van der Waals surface area contributed by atoms with Gasteiger partial charge in [0.05, 0.1) is 18.8 Å². The van der Waals surface area contributed by atoms with Gasteiger partial charge < -0.3 is 14.6 Å². The Balaban J connectivity index is 1.95. The van der Waals surface area contributed by atoms with Crippen molar-refractivity contribution < 1.29 is 5.11 Å². The first-order chi connectivity index (χ1) is 10.6. The van der Waals surface area contributed by atoms with Gasteiger partial charge in [0, 0.05) is 20.1 Å². The van der Waals surface area contributed by atoms with Crippen LogP contribution in [-0.2, 0) is 0 Å². The summed E-state index contributed by atoms with van der Waals surface area (Å²) in [6.07, 6.45) is 7.49. The second-order valence-electron chi connectivity index (χ2n) is 6.09. The zero-order chi connectivity index (χ0) is 15.7. The highest BCUT2D eigenvalue weighted by molar-refractivity contribution is 5.82. The molecule has 0 amide bonds. The molecular formula is C15H22N6O. The largest absolute Gasteiger partial charge is 0.393 e. The summed E-state index contributed by atoms with van der Waals surface area (Å²) in [5.74, 6) is 0.929. The molecule has 1 aliphatic carbocycles. The van der Waals surface area contributed by atoms with E-state index >= 15 is 0 Å². The van der Waals surface area contributed by atoms with Gasteiger partial charge in [0.2, 0.25) is 0 Å². The Kier molecular flexibility index (Phi) is 4.06. The third-order valence-corrected chi connectivity index (χ3v) is 4.30. The molecule has 1 saturated carbocycles. The Morgan fingerprint density at radius 2 is 2.18 bits per heavy atom. The van der Waals surface area contributed by atoms with Gasteiger partial charge in [-0.1, -0.05) is 13.3 Å². The van der Waals surface area contributed by atoms with E-state index in [4.69, 9.17) is 0 Å². The molecule has 3 rings (SSSR count). The summed E-state index contributed by atoms with van der Waals surface area (Å²) in [6, 6.07) is 0.241. The molecule has 1 N–H and O–H groups in total. The minimum atomic E-state index is -0.236. The van der Waals surface area contributed by atoms with Crippen LogP contribution in [0.3, 0.4) is 0 Å². The molecular weight excluding hydrogens is 280 g/mol. The van der Waals surface area contributed by atoms with Crippen molar-refractivity contribution in [2.24, 2.45) is 10.9 Å². The van der Waals surface area contributed by atoms with Gasteiger partial charge >= 0.3 is 0 Å². The van der Waals surface area contributed by atoms with Gasteiger partial charge in [0.1, 0.15) is 6.33 Å². The van der Waals surface area contributed by atoms with E-state index in [1.54, 1.807) is 12.7 Å². The lowest BCUT2D eigenvalue weighted by Gasteiger charge is -2.12. The van der Waals surface area contributed by atoms with E-state index < -0.39 is 0 Å². The molecule has 2 aromatic rings. The molecule has 0 saturated heterocycles. The van der Waals surface area contributed by atoms with E-state index in [2.05, 4.69) is 31.4 Å². The molecule has 1 fully saturated rings. The zero-order valence-electron chi connectivity index (χ0n) is 13.2. The summed E-state index contributed by atoms with van der Waals surface area (Å²) < 4.78 is 2.06. The first-order valence-electron chi connectivity index (χ1n) is 7.66. The van der Waals surface area contributed by atoms with E-state index in [9.17, 15) is 5.11 Å². The predicted molar refractivity (Wildman–Crippen MR) is 85.2 cm³/mol. The third-order valence-electron chi connectivity index (χ3n) is 4.30. The van der Waals surface area contributed by atoms with Crippen molar-refractivity contribution in [1.82, 2.24) is 24.4 Å². The Bertz CT molecular complexity index is 680. The molecule has 0 radical (unpaired) electrons. The number of aromatic nitrogens is 4. The number of aliphatic hydroxyl groups is 1. The normalized spacial score (nSPS) is 25.4. The number of hydrogen-bond acceptors (Lipinski definition) is 5.